The molecule has 0 heterocycles. The van der Waals surface area contributed by atoms with Gasteiger partial charge < -0.3 is 19.7 Å². The minimum Gasteiger partial charge on any atom is -0.496 e. The fourth-order valence-corrected chi connectivity index (χ4v) is 3.55. The van der Waals surface area contributed by atoms with Gasteiger partial charge >= 0.3 is 12.1 Å². The third-order valence-electron chi connectivity index (χ3n) is 5.05. The molecule has 9 heteroatoms. The van der Waals surface area contributed by atoms with Crippen LogP contribution in [0.15, 0.2) is 36.4 Å². The van der Waals surface area contributed by atoms with Crippen LogP contribution in [0.5, 0.6) is 5.75 Å². The smallest absolute Gasteiger partial charge is 0.417 e. The number of ketones is 1. The lowest BCUT2D eigenvalue weighted by molar-refractivity contribution is -0.145. The molecule has 0 radical (unpaired) electrons. The molecule has 0 aliphatic heterocycles. The Kier molecular flexibility index (Phi) is 9.01. The van der Waals surface area contributed by atoms with Gasteiger partial charge in [-0.05, 0) is 38.2 Å². The summed E-state index contributed by atoms with van der Waals surface area (Å²) in [6.07, 6.45) is -4.76. The number of hydrogen-bond donors (Lipinski definition) is 1. The van der Waals surface area contributed by atoms with E-state index in [1.165, 1.54) is 20.1 Å². The Morgan fingerprint density at radius 3 is 2.24 bits per heavy atom. The molecule has 180 valence electrons. The van der Waals surface area contributed by atoms with Gasteiger partial charge in [0.05, 0.1) is 18.7 Å². The SMILES string of the molecule is COc1cc(CNC(CN(C)C)C(C)=O)c(COC(C)=O)c(C(F)(F)F)c1-c1ccccc1. The number of Topliss-reactive ketones (excluding diaryl/α,β-unsaturated/α-hetero) is 1. The minimum absolute atomic E-state index is 0.0314. The van der Waals surface area contributed by atoms with Crippen LogP contribution in [0.2, 0.25) is 0 Å². The van der Waals surface area contributed by atoms with Crippen LogP contribution in [0, 0.1) is 0 Å². The largest absolute Gasteiger partial charge is 0.496 e. The summed E-state index contributed by atoms with van der Waals surface area (Å²) in [4.78, 5) is 25.3. The maximum absolute atomic E-state index is 14.4. The first-order valence-corrected chi connectivity index (χ1v) is 10.3. The van der Waals surface area contributed by atoms with E-state index in [2.05, 4.69) is 5.32 Å². The molecule has 0 bridgehead atoms. The van der Waals surface area contributed by atoms with Crippen LogP contribution in [0.4, 0.5) is 13.2 Å². The molecule has 2 rings (SSSR count). The molecule has 2 aromatic rings. The number of hydrogen-bond acceptors (Lipinski definition) is 6. The Balaban J connectivity index is 2.70. The molecular weight excluding hydrogens is 437 g/mol. The van der Waals surface area contributed by atoms with Crippen LogP contribution in [0.3, 0.4) is 0 Å². The average molecular weight is 467 g/mol. The number of carbonyl (C=O) groups excluding carboxylic acids is 2. The molecule has 0 amide bonds. The predicted octanol–water partition coefficient (Wildman–Crippen LogP) is 4.05. The molecule has 2 aromatic carbocycles. The molecule has 0 fully saturated rings. The van der Waals surface area contributed by atoms with E-state index < -0.39 is 30.4 Å². The summed E-state index contributed by atoms with van der Waals surface area (Å²) in [6.45, 7) is 2.31. The molecule has 1 unspecified atom stereocenters. The summed E-state index contributed by atoms with van der Waals surface area (Å²) in [7, 11) is 4.89. The average Bonchev–Trinajstić information content (AvgIpc) is 2.73. The number of benzene rings is 2. The molecule has 1 N–H and O–H groups in total. The lowest BCUT2D eigenvalue weighted by Gasteiger charge is -2.25. The molecule has 0 aliphatic rings. The van der Waals surface area contributed by atoms with Gasteiger partial charge in [-0.2, -0.15) is 13.2 Å². The van der Waals surface area contributed by atoms with Crippen LogP contribution in [0.1, 0.15) is 30.5 Å². The van der Waals surface area contributed by atoms with Crippen molar-refractivity contribution in [2.75, 3.05) is 27.7 Å². The molecule has 0 saturated heterocycles. The number of esters is 1. The Bertz CT molecular complexity index is 976. The van der Waals surface area contributed by atoms with Gasteiger partial charge in [-0.1, -0.05) is 30.3 Å². The highest BCUT2D eigenvalue weighted by molar-refractivity contribution is 5.82. The number of alkyl halides is 3. The number of halogens is 3. The van der Waals surface area contributed by atoms with Gasteiger partial charge in [0.25, 0.3) is 0 Å². The third-order valence-corrected chi connectivity index (χ3v) is 5.05. The summed E-state index contributed by atoms with van der Waals surface area (Å²) >= 11 is 0. The molecule has 33 heavy (non-hydrogen) atoms. The van der Waals surface area contributed by atoms with E-state index in [4.69, 9.17) is 9.47 Å². The molecule has 0 saturated carbocycles. The van der Waals surface area contributed by atoms with Gasteiger partial charge in [0, 0.05) is 31.1 Å². The first-order valence-electron chi connectivity index (χ1n) is 10.3. The van der Waals surface area contributed by atoms with Crippen molar-refractivity contribution in [1.29, 1.82) is 0 Å². The van der Waals surface area contributed by atoms with Crippen LogP contribution in [-0.2, 0) is 33.7 Å². The van der Waals surface area contributed by atoms with E-state index in [0.717, 1.165) is 6.92 Å². The Labute approximate surface area is 191 Å². The summed E-state index contributed by atoms with van der Waals surface area (Å²) < 4.78 is 53.7. The van der Waals surface area contributed by atoms with E-state index in [-0.39, 0.29) is 34.8 Å². The van der Waals surface area contributed by atoms with E-state index in [1.54, 1.807) is 49.3 Å². The van der Waals surface area contributed by atoms with Crippen molar-refractivity contribution in [2.45, 2.75) is 39.2 Å². The molecule has 0 aromatic heterocycles. The lowest BCUT2D eigenvalue weighted by Crippen LogP contribution is -2.43. The van der Waals surface area contributed by atoms with Crippen LogP contribution < -0.4 is 10.1 Å². The highest BCUT2D eigenvalue weighted by atomic mass is 19.4. The fraction of sp³-hybridized carbons (Fsp3) is 0.417. The van der Waals surface area contributed by atoms with Crippen molar-refractivity contribution in [3.63, 3.8) is 0 Å². The molecular formula is C24H29F3N2O4. The van der Waals surface area contributed by atoms with Crippen molar-refractivity contribution in [1.82, 2.24) is 10.2 Å². The quantitative estimate of drug-likeness (QED) is 0.533. The second-order valence-electron chi connectivity index (χ2n) is 7.92. The number of likely N-dealkylation sites (N-methyl/N-ethyl adjacent to an activating group) is 1. The van der Waals surface area contributed by atoms with Gasteiger partial charge in [-0.3, -0.25) is 9.59 Å². The second-order valence-corrected chi connectivity index (χ2v) is 7.92. The number of methoxy groups -OCH3 is 1. The van der Waals surface area contributed by atoms with Crippen LogP contribution in [0.25, 0.3) is 11.1 Å². The zero-order chi connectivity index (χ0) is 24.8. The van der Waals surface area contributed by atoms with Crippen molar-refractivity contribution < 1.29 is 32.2 Å². The summed E-state index contributed by atoms with van der Waals surface area (Å²) in [6, 6.07) is 9.00. The Hall–Kier alpha value is -2.91. The summed E-state index contributed by atoms with van der Waals surface area (Å²) in [5.41, 5.74) is -0.701. The second kappa shape index (κ2) is 11.3. The van der Waals surface area contributed by atoms with Crippen molar-refractivity contribution in [3.05, 3.63) is 53.1 Å². The van der Waals surface area contributed by atoms with Crippen molar-refractivity contribution >= 4 is 11.8 Å². The van der Waals surface area contributed by atoms with E-state index in [1.807, 2.05) is 0 Å². The summed E-state index contributed by atoms with van der Waals surface area (Å²) in [5, 5.41) is 3.03. The van der Waals surface area contributed by atoms with Crippen molar-refractivity contribution in [3.8, 4) is 16.9 Å². The van der Waals surface area contributed by atoms with Gasteiger partial charge in [0.1, 0.15) is 18.1 Å². The minimum atomic E-state index is -4.76. The normalized spacial score (nSPS) is 12.5. The highest BCUT2D eigenvalue weighted by Crippen LogP contribution is 2.46. The first kappa shape index (κ1) is 26.3. The molecule has 0 spiro atoms. The molecule has 0 aliphatic carbocycles. The zero-order valence-corrected chi connectivity index (χ0v) is 19.4. The maximum atomic E-state index is 14.4. The van der Waals surface area contributed by atoms with E-state index >= 15 is 0 Å². The van der Waals surface area contributed by atoms with Crippen molar-refractivity contribution in [2.24, 2.45) is 0 Å². The number of nitrogens with zero attached hydrogens (tertiary/aromatic N) is 1. The monoisotopic (exact) mass is 466 g/mol. The topological polar surface area (TPSA) is 67.9 Å². The van der Waals surface area contributed by atoms with Crippen LogP contribution >= 0.6 is 0 Å². The van der Waals surface area contributed by atoms with E-state index in [9.17, 15) is 22.8 Å². The Morgan fingerprint density at radius 2 is 1.76 bits per heavy atom. The predicted molar refractivity (Wildman–Crippen MR) is 119 cm³/mol. The highest BCUT2D eigenvalue weighted by Gasteiger charge is 2.39. The first-order chi connectivity index (χ1) is 15.5. The number of carbonyl (C=O) groups is 2. The Morgan fingerprint density at radius 1 is 1.12 bits per heavy atom. The van der Waals surface area contributed by atoms with Gasteiger partial charge in [0.15, 0.2) is 0 Å². The number of rotatable bonds is 10. The molecule has 1 atom stereocenters. The zero-order valence-electron chi connectivity index (χ0n) is 19.4. The summed E-state index contributed by atoms with van der Waals surface area (Å²) in [5.74, 6) is -0.814. The lowest BCUT2D eigenvalue weighted by atomic mass is 9.90. The molecule has 6 nitrogen and oxygen atoms in total. The standard InChI is InChI=1S/C24H29F3N2O4/c1-15(30)20(13-29(3)4)28-12-18-11-21(32-5)22(17-9-7-6-8-10-17)23(24(25,26)27)19(18)14-33-16(2)31/h6-11,20,28H,12-14H2,1-5H3. The van der Waals surface area contributed by atoms with Gasteiger partial charge in [-0.25, -0.2) is 0 Å². The number of nitrogens with one attached hydrogen (secondary N) is 1. The number of ether oxygens (including phenoxy) is 2. The van der Waals surface area contributed by atoms with E-state index in [0.29, 0.717) is 12.1 Å². The van der Waals surface area contributed by atoms with Crippen LogP contribution in [-0.4, -0.2) is 50.4 Å². The van der Waals surface area contributed by atoms with Gasteiger partial charge in [-0.15, -0.1) is 0 Å². The fourth-order valence-electron chi connectivity index (χ4n) is 3.55. The third kappa shape index (κ3) is 7.03. The van der Waals surface area contributed by atoms with Gasteiger partial charge in [0.2, 0.25) is 0 Å². The maximum Gasteiger partial charge on any atom is 0.417 e.